The van der Waals surface area contributed by atoms with Gasteiger partial charge in [0, 0.05) is 39.3 Å². The van der Waals surface area contributed by atoms with Crippen molar-refractivity contribution in [1.29, 1.82) is 0 Å². The Morgan fingerprint density at radius 2 is 1.32 bits per heavy atom. The Balaban J connectivity index is 0.000000409. The molecule has 0 spiro atoms. The first kappa shape index (κ1) is 21.4. The second-order valence-electron chi connectivity index (χ2n) is 6.50. The van der Waals surface area contributed by atoms with Crippen LogP contribution in [0.4, 0.5) is 0 Å². The van der Waals surface area contributed by atoms with Crippen molar-refractivity contribution < 1.29 is 24.5 Å². The number of rotatable bonds is 5. The number of piperazine rings is 1. The van der Waals surface area contributed by atoms with Gasteiger partial charge < -0.3 is 14.9 Å². The van der Waals surface area contributed by atoms with Gasteiger partial charge in [-0.25, -0.2) is 9.59 Å². The molecule has 1 aliphatic rings. The molecule has 1 heterocycles. The Kier molecular flexibility index (Phi) is 8.45. The highest BCUT2D eigenvalue weighted by Gasteiger charge is 2.17. The Morgan fingerprint density at radius 3 is 1.82 bits per heavy atom. The van der Waals surface area contributed by atoms with Gasteiger partial charge >= 0.3 is 11.9 Å². The molecule has 3 rings (SSSR count). The lowest BCUT2D eigenvalue weighted by Gasteiger charge is -2.34. The molecule has 1 aliphatic heterocycles. The summed E-state index contributed by atoms with van der Waals surface area (Å²) in [4.78, 5) is 23.3. The zero-order valence-corrected chi connectivity index (χ0v) is 16.0. The molecule has 2 aromatic rings. The monoisotopic (exact) mass is 386 g/mol. The van der Waals surface area contributed by atoms with Crippen LogP contribution in [0.3, 0.4) is 0 Å². The minimum atomic E-state index is -1.82. The van der Waals surface area contributed by atoms with Gasteiger partial charge in [0.15, 0.2) is 0 Å². The van der Waals surface area contributed by atoms with Crippen LogP contribution in [-0.2, 0) is 22.7 Å². The van der Waals surface area contributed by atoms with Crippen molar-refractivity contribution in [2.75, 3.05) is 33.3 Å². The molecule has 150 valence electrons. The SMILES string of the molecule is COc1cccc(CN2CCN(Cc3ccccc3)CC2)c1.O=C(O)C(=O)O. The molecule has 1 fully saturated rings. The molecule has 0 aromatic heterocycles. The molecule has 0 amide bonds. The smallest absolute Gasteiger partial charge is 0.414 e. The summed E-state index contributed by atoms with van der Waals surface area (Å²) in [6.45, 7) is 6.61. The summed E-state index contributed by atoms with van der Waals surface area (Å²) in [5, 5.41) is 14.8. The van der Waals surface area contributed by atoms with E-state index in [1.54, 1.807) is 7.11 Å². The van der Waals surface area contributed by atoms with Crippen molar-refractivity contribution >= 4 is 11.9 Å². The Labute approximate surface area is 164 Å². The van der Waals surface area contributed by atoms with E-state index in [1.807, 2.05) is 6.07 Å². The molecule has 0 aliphatic carbocycles. The van der Waals surface area contributed by atoms with Crippen LogP contribution in [0.2, 0.25) is 0 Å². The van der Waals surface area contributed by atoms with Crippen LogP contribution >= 0.6 is 0 Å². The first-order chi connectivity index (χ1) is 13.5. The summed E-state index contributed by atoms with van der Waals surface area (Å²) >= 11 is 0. The molecule has 0 unspecified atom stereocenters. The third-order valence-corrected chi connectivity index (χ3v) is 4.44. The lowest BCUT2D eigenvalue weighted by Crippen LogP contribution is -2.45. The molecule has 2 N–H and O–H groups in total. The fourth-order valence-corrected chi connectivity index (χ4v) is 2.98. The predicted octanol–water partition coefficient (Wildman–Crippen LogP) is 2.17. The molecular weight excluding hydrogens is 360 g/mol. The molecule has 0 radical (unpaired) electrons. The topological polar surface area (TPSA) is 90.3 Å². The summed E-state index contributed by atoms with van der Waals surface area (Å²) in [6, 6.07) is 19.1. The van der Waals surface area contributed by atoms with Crippen molar-refractivity contribution in [3.05, 3.63) is 65.7 Å². The third kappa shape index (κ3) is 7.38. The van der Waals surface area contributed by atoms with Gasteiger partial charge in [-0.1, -0.05) is 42.5 Å². The van der Waals surface area contributed by atoms with Crippen molar-refractivity contribution in [2.45, 2.75) is 13.1 Å². The summed E-state index contributed by atoms with van der Waals surface area (Å²) < 4.78 is 5.30. The van der Waals surface area contributed by atoms with Gasteiger partial charge in [-0.3, -0.25) is 9.80 Å². The van der Waals surface area contributed by atoms with Crippen molar-refractivity contribution in [2.24, 2.45) is 0 Å². The Hall–Kier alpha value is -2.90. The number of nitrogens with zero attached hydrogens (tertiary/aromatic N) is 2. The normalized spacial score (nSPS) is 14.6. The predicted molar refractivity (Wildman–Crippen MR) is 105 cm³/mol. The fourth-order valence-electron chi connectivity index (χ4n) is 2.98. The van der Waals surface area contributed by atoms with Crippen LogP contribution < -0.4 is 4.74 Å². The number of hydrogen-bond donors (Lipinski definition) is 2. The minimum Gasteiger partial charge on any atom is -0.497 e. The van der Waals surface area contributed by atoms with Crippen LogP contribution in [0.1, 0.15) is 11.1 Å². The van der Waals surface area contributed by atoms with E-state index in [4.69, 9.17) is 24.5 Å². The Bertz CT molecular complexity index is 746. The van der Waals surface area contributed by atoms with Crippen molar-refractivity contribution in [3.63, 3.8) is 0 Å². The van der Waals surface area contributed by atoms with E-state index in [9.17, 15) is 0 Å². The summed E-state index contributed by atoms with van der Waals surface area (Å²) in [6.07, 6.45) is 0. The number of aliphatic carboxylic acids is 2. The molecule has 0 bridgehead atoms. The van der Waals surface area contributed by atoms with Crippen molar-refractivity contribution in [1.82, 2.24) is 9.80 Å². The number of hydrogen-bond acceptors (Lipinski definition) is 5. The zero-order chi connectivity index (χ0) is 20.4. The quantitative estimate of drug-likeness (QED) is 0.761. The van der Waals surface area contributed by atoms with E-state index in [2.05, 4.69) is 58.3 Å². The third-order valence-electron chi connectivity index (χ3n) is 4.44. The zero-order valence-electron chi connectivity index (χ0n) is 16.0. The van der Waals surface area contributed by atoms with Crippen molar-refractivity contribution in [3.8, 4) is 5.75 Å². The maximum Gasteiger partial charge on any atom is 0.414 e. The van der Waals surface area contributed by atoms with Gasteiger partial charge in [0.05, 0.1) is 7.11 Å². The largest absolute Gasteiger partial charge is 0.497 e. The number of carboxylic acid groups (broad SMARTS) is 2. The van der Waals surface area contributed by atoms with Gasteiger partial charge in [-0.15, -0.1) is 0 Å². The average molecular weight is 386 g/mol. The van der Waals surface area contributed by atoms with Gasteiger partial charge in [0.1, 0.15) is 5.75 Å². The molecule has 0 saturated carbocycles. The average Bonchev–Trinajstić information content (AvgIpc) is 2.71. The van der Waals surface area contributed by atoms with E-state index in [1.165, 1.54) is 11.1 Å². The first-order valence-corrected chi connectivity index (χ1v) is 9.05. The number of carboxylic acids is 2. The molecule has 1 saturated heterocycles. The fraction of sp³-hybridized carbons (Fsp3) is 0.333. The van der Waals surface area contributed by atoms with E-state index in [0.717, 1.165) is 45.0 Å². The van der Waals surface area contributed by atoms with Crippen LogP contribution in [0.25, 0.3) is 0 Å². The van der Waals surface area contributed by atoms with Gasteiger partial charge in [0.25, 0.3) is 0 Å². The second-order valence-corrected chi connectivity index (χ2v) is 6.50. The lowest BCUT2D eigenvalue weighted by atomic mass is 10.1. The number of ether oxygens (including phenoxy) is 1. The van der Waals surface area contributed by atoms with Crippen LogP contribution in [-0.4, -0.2) is 65.2 Å². The van der Waals surface area contributed by atoms with Gasteiger partial charge in [0.2, 0.25) is 0 Å². The molecule has 0 atom stereocenters. The number of methoxy groups -OCH3 is 1. The molecular formula is C21H26N2O5. The number of benzene rings is 2. The highest BCUT2D eigenvalue weighted by Crippen LogP contribution is 2.16. The second kappa shape index (κ2) is 11.1. The van der Waals surface area contributed by atoms with E-state index in [-0.39, 0.29) is 0 Å². The van der Waals surface area contributed by atoms with E-state index >= 15 is 0 Å². The van der Waals surface area contributed by atoms with E-state index in [0.29, 0.717) is 0 Å². The first-order valence-electron chi connectivity index (χ1n) is 9.05. The summed E-state index contributed by atoms with van der Waals surface area (Å²) in [5.74, 6) is -2.70. The Morgan fingerprint density at radius 1 is 0.821 bits per heavy atom. The number of carbonyl (C=O) groups is 2. The molecule has 28 heavy (non-hydrogen) atoms. The maximum atomic E-state index is 9.10. The molecule has 7 nitrogen and oxygen atoms in total. The van der Waals surface area contributed by atoms with Crippen LogP contribution in [0.15, 0.2) is 54.6 Å². The lowest BCUT2D eigenvalue weighted by molar-refractivity contribution is -0.159. The van der Waals surface area contributed by atoms with Crippen LogP contribution in [0.5, 0.6) is 5.75 Å². The molecule has 2 aromatic carbocycles. The van der Waals surface area contributed by atoms with Crippen LogP contribution in [0, 0.1) is 0 Å². The van der Waals surface area contributed by atoms with E-state index < -0.39 is 11.9 Å². The maximum absolute atomic E-state index is 9.10. The minimum absolute atomic E-state index is 0.945. The standard InChI is InChI=1S/C19H24N2O.C2H2O4/c1-22-19-9-5-8-18(14-19)16-21-12-10-20(11-13-21)15-17-6-3-2-4-7-17;3-1(4)2(5)6/h2-9,14H,10-13,15-16H2,1H3;(H,3,4)(H,5,6). The highest BCUT2D eigenvalue weighted by atomic mass is 16.5. The highest BCUT2D eigenvalue weighted by molar-refractivity contribution is 6.27. The summed E-state index contributed by atoms with van der Waals surface area (Å²) in [7, 11) is 1.72. The van der Waals surface area contributed by atoms with Gasteiger partial charge in [-0.2, -0.15) is 0 Å². The summed E-state index contributed by atoms with van der Waals surface area (Å²) in [5.41, 5.74) is 2.74. The van der Waals surface area contributed by atoms with Gasteiger partial charge in [-0.05, 0) is 23.3 Å². The molecule has 7 heteroatoms.